The minimum atomic E-state index is -0.228. The topological polar surface area (TPSA) is 127 Å². The number of esters is 1. The van der Waals surface area contributed by atoms with Gasteiger partial charge in [0.25, 0.3) is 0 Å². The Morgan fingerprint density at radius 2 is 1.90 bits per heavy atom. The summed E-state index contributed by atoms with van der Waals surface area (Å²) in [5.41, 5.74) is 2.16. The summed E-state index contributed by atoms with van der Waals surface area (Å²) in [6, 6.07) is 11.8. The van der Waals surface area contributed by atoms with Gasteiger partial charge in [0.15, 0.2) is 11.6 Å². The number of ketones is 1. The van der Waals surface area contributed by atoms with E-state index in [0.29, 0.717) is 47.9 Å². The van der Waals surface area contributed by atoms with Crippen molar-refractivity contribution in [1.29, 1.82) is 0 Å². The van der Waals surface area contributed by atoms with Gasteiger partial charge in [0.05, 0.1) is 25.0 Å². The number of carbonyl (C=O) groups excluding carboxylic acids is 2. The molecule has 1 heterocycles. The smallest absolute Gasteiger partial charge is 0.507 e. The van der Waals surface area contributed by atoms with E-state index in [-0.39, 0.29) is 58.2 Å². The van der Waals surface area contributed by atoms with Crippen molar-refractivity contribution in [3.63, 3.8) is 0 Å². The third-order valence-electron chi connectivity index (χ3n) is 6.16. The van der Waals surface area contributed by atoms with E-state index in [2.05, 4.69) is 44.9 Å². The molecule has 2 N–H and O–H groups in total. The van der Waals surface area contributed by atoms with Crippen LogP contribution in [0.15, 0.2) is 41.3 Å². The Balaban J connectivity index is 0.00000560. The molecule has 3 aromatic rings. The number of nitrogens with one attached hydrogen (secondary N) is 1. The Bertz CT molecular complexity index is 1210. The number of phenols is 1. The second-order valence-corrected chi connectivity index (χ2v) is 11.5. The molecule has 2 unspecified atom stereocenters. The quantitative estimate of drug-likeness (QED) is 0.0839. The zero-order valence-corrected chi connectivity index (χ0v) is 27.4. The van der Waals surface area contributed by atoms with Crippen molar-refractivity contribution in [3.8, 4) is 11.5 Å². The zero-order chi connectivity index (χ0) is 28.2. The van der Waals surface area contributed by atoms with E-state index in [1.54, 1.807) is 35.7 Å². The number of nitrogens with zero attached hydrogens (tertiary/aromatic N) is 3. The predicted octanol–water partition coefficient (Wildman–Crippen LogP) is 2.80. The molecule has 3 rings (SSSR count). The molecule has 0 amide bonds. The molecule has 40 heavy (non-hydrogen) atoms. The van der Waals surface area contributed by atoms with Crippen LogP contribution in [-0.4, -0.2) is 57.0 Å². The molecule has 0 aliphatic rings. The number of phenolic OH excluding ortho intramolecular Hbond substituents is 1. The van der Waals surface area contributed by atoms with Crippen molar-refractivity contribution in [2.75, 3.05) is 19.5 Å². The van der Waals surface area contributed by atoms with Crippen LogP contribution in [0.4, 0.5) is 0 Å². The van der Waals surface area contributed by atoms with Gasteiger partial charge in [0, 0.05) is 27.9 Å². The molecule has 2 aromatic carbocycles. The summed E-state index contributed by atoms with van der Waals surface area (Å²) in [6.07, 6.45) is 2.64. The molecule has 0 aliphatic carbocycles. The Labute approximate surface area is 266 Å². The number of ether oxygens (including phenoxy) is 2. The second-order valence-electron chi connectivity index (χ2n) is 9.18. The maximum absolute atomic E-state index is 11.9. The monoisotopic (exact) mass is 595 g/mol. The first-order chi connectivity index (χ1) is 18.8. The SMILES string of the molecule is CCCc1c(OCCCSc2ccc(C(SCc3nn[nH]n3)C(C)CC(=O)OC)cc2)ccc(C(C)=O)c1O.[Na+]. The van der Waals surface area contributed by atoms with Crippen LogP contribution in [0.5, 0.6) is 11.5 Å². The van der Waals surface area contributed by atoms with Crippen LogP contribution in [0.1, 0.15) is 72.6 Å². The number of rotatable bonds is 16. The standard InChI is InChI=1S/C28H36N4O5S2.Na/c1-5-7-23-24(13-12-22(19(3)33)27(23)35)37-14-6-15-38-21-10-8-20(9-11-21)28(18(2)16-26(34)36-4)39-17-25-29-31-32-30-25;/h8-13,18,28,35H,5-7,14-17H2,1-4H3,(H,29,30,31,32);/q;+1. The number of H-pyrrole nitrogens is 1. The molecule has 1 aromatic heterocycles. The maximum Gasteiger partial charge on any atom is 1.00 e. The fourth-order valence-electron chi connectivity index (χ4n) is 4.16. The molecule has 0 radical (unpaired) electrons. The van der Waals surface area contributed by atoms with Gasteiger partial charge in [-0.2, -0.15) is 5.21 Å². The summed E-state index contributed by atoms with van der Waals surface area (Å²) >= 11 is 3.42. The number of methoxy groups -OCH3 is 1. The normalized spacial score (nSPS) is 12.3. The molecule has 9 nitrogen and oxygen atoms in total. The van der Waals surface area contributed by atoms with Crippen molar-refractivity contribution in [3.05, 3.63) is 58.9 Å². The van der Waals surface area contributed by atoms with Crippen molar-refractivity contribution >= 4 is 35.3 Å². The number of carbonyl (C=O) groups is 2. The summed E-state index contributed by atoms with van der Waals surface area (Å²) in [7, 11) is 1.41. The van der Waals surface area contributed by atoms with Gasteiger partial charge >= 0.3 is 35.5 Å². The van der Waals surface area contributed by atoms with Crippen LogP contribution in [-0.2, 0) is 21.7 Å². The minimum absolute atomic E-state index is 0. The van der Waals surface area contributed by atoms with E-state index in [1.165, 1.54) is 14.0 Å². The summed E-state index contributed by atoms with van der Waals surface area (Å²) in [6.45, 7) is 6.04. The third-order valence-corrected chi connectivity index (χ3v) is 8.78. The van der Waals surface area contributed by atoms with Crippen LogP contribution in [0.25, 0.3) is 0 Å². The number of benzene rings is 2. The van der Waals surface area contributed by atoms with E-state index < -0.39 is 0 Å². The number of hydrogen-bond acceptors (Lipinski definition) is 10. The van der Waals surface area contributed by atoms with E-state index in [9.17, 15) is 14.7 Å². The van der Waals surface area contributed by atoms with Gasteiger partial charge < -0.3 is 14.6 Å². The average Bonchev–Trinajstić information content (AvgIpc) is 3.44. The van der Waals surface area contributed by atoms with Crippen molar-refractivity contribution in [2.45, 2.75) is 62.4 Å². The van der Waals surface area contributed by atoms with Crippen LogP contribution in [0.2, 0.25) is 0 Å². The summed E-state index contributed by atoms with van der Waals surface area (Å²) in [4.78, 5) is 24.8. The number of aromatic amines is 1. The van der Waals surface area contributed by atoms with E-state index in [4.69, 9.17) is 9.47 Å². The van der Waals surface area contributed by atoms with E-state index in [0.717, 1.165) is 29.1 Å². The Kier molecular flexibility index (Phi) is 15.1. The molecule has 2 atom stereocenters. The van der Waals surface area contributed by atoms with Crippen LogP contribution >= 0.6 is 23.5 Å². The molecule has 0 fully saturated rings. The Hall–Kier alpha value is -2.05. The van der Waals surface area contributed by atoms with Gasteiger partial charge in [-0.1, -0.05) is 37.6 Å². The number of aromatic hydroxyl groups is 1. The van der Waals surface area contributed by atoms with Crippen LogP contribution in [0.3, 0.4) is 0 Å². The number of aromatic nitrogens is 4. The van der Waals surface area contributed by atoms with E-state index in [1.807, 2.05) is 13.8 Å². The van der Waals surface area contributed by atoms with Crippen LogP contribution < -0.4 is 34.3 Å². The first-order valence-electron chi connectivity index (χ1n) is 13.0. The number of hydrogen-bond donors (Lipinski definition) is 2. The van der Waals surface area contributed by atoms with Gasteiger partial charge in [0.2, 0.25) is 0 Å². The fourth-order valence-corrected chi connectivity index (χ4v) is 6.22. The first kappa shape index (κ1) is 34.2. The number of tetrazole rings is 1. The van der Waals surface area contributed by atoms with Crippen LogP contribution in [0, 0.1) is 5.92 Å². The van der Waals surface area contributed by atoms with Crippen molar-refractivity contribution < 1.29 is 53.7 Å². The summed E-state index contributed by atoms with van der Waals surface area (Å²) in [5.74, 6) is 2.42. The largest absolute Gasteiger partial charge is 1.00 e. The van der Waals surface area contributed by atoms with Crippen molar-refractivity contribution in [1.82, 2.24) is 20.6 Å². The molecule has 12 heteroatoms. The number of Topliss-reactive ketones (excluding diaryl/α,β-unsaturated/α-hetero) is 1. The molecule has 0 bridgehead atoms. The molecule has 0 saturated carbocycles. The van der Waals surface area contributed by atoms with Gasteiger partial charge in [-0.05, 0) is 55.5 Å². The Morgan fingerprint density at radius 3 is 2.52 bits per heavy atom. The molecule has 210 valence electrons. The fraction of sp³-hybridized carbons (Fsp3) is 0.464. The van der Waals surface area contributed by atoms with Gasteiger partial charge in [-0.25, -0.2) is 0 Å². The molecular weight excluding hydrogens is 559 g/mol. The molecule has 0 aliphatic heterocycles. The van der Waals surface area contributed by atoms with Crippen molar-refractivity contribution in [2.24, 2.45) is 5.92 Å². The third kappa shape index (κ3) is 10.1. The van der Waals surface area contributed by atoms with Gasteiger partial charge in [0.1, 0.15) is 11.5 Å². The van der Waals surface area contributed by atoms with E-state index >= 15 is 0 Å². The number of thioether (sulfide) groups is 2. The Morgan fingerprint density at radius 1 is 1.15 bits per heavy atom. The average molecular weight is 596 g/mol. The molecule has 0 spiro atoms. The summed E-state index contributed by atoms with van der Waals surface area (Å²) < 4.78 is 10.9. The maximum atomic E-state index is 11.9. The zero-order valence-electron chi connectivity index (χ0n) is 23.8. The second kappa shape index (κ2) is 17.7. The molecular formula is C28H36N4NaO5S2+. The first-order valence-corrected chi connectivity index (χ1v) is 15.0. The molecule has 0 saturated heterocycles. The van der Waals surface area contributed by atoms with Gasteiger partial charge in [-0.3, -0.25) is 9.59 Å². The minimum Gasteiger partial charge on any atom is -0.507 e. The van der Waals surface area contributed by atoms with Gasteiger partial charge in [-0.15, -0.1) is 33.7 Å². The predicted molar refractivity (Wildman–Crippen MR) is 153 cm³/mol. The summed E-state index contributed by atoms with van der Waals surface area (Å²) in [5, 5.41) is 24.7.